The third-order valence-electron chi connectivity index (χ3n) is 3.56. The monoisotopic (exact) mass is 295 g/mol. The van der Waals surface area contributed by atoms with Gasteiger partial charge in [0.05, 0.1) is 12.6 Å². The molecule has 0 amide bonds. The number of rotatable bonds is 4. The molecule has 4 heteroatoms. The summed E-state index contributed by atoms with van der Waals surface area (Å²) in [6.07, 6.45) is 0. The van der Waals surface area contributed by atoms with Gasteiger partial charge in [0, 0.05) is 11.5 Å². The van der Waals surface area contributed by atoms with Gasteiger partial charge in [-0.25, -0.2) is 4.98 Å². The van der Waals surface area contributed by atoms with E-state index >= 15 is 0 Å². The lowest BCUT2D eigenvalue weighted by Crippen LogP contribution is -1.97. The topological polar surface area (TPSA) is 51.6 Å². The molecule has 0 aliphatic heterocycles. The molecule has 3 aromatic rings. The van der Waals surface area contributed by atoms with Crippen LogP contribution >= 0.6 is 0 Å². The summed E-state index contributed by atoms with van der Waals surface area (Å²) >= 11 is 0. The molecule has 0 bridgehead atoms. The average molecular weight is 295 g/mol. The molecule has 0 aliphatic carbocycles. The second-order valence-electron chi connectivity index (χ2n) is 5.08. The molecule has 22 heavy (non-hydrogen) atoms. The number of phenolic OH excluding ortho intramolecular Hbond substituents is 1. The molecule has 0 fully saturated rings. The van der Waals surface area contributed by atoms with Crippen molar-refractivity contribution in [3.05, 3.63) is 59.7 Å². The van der Waals surface area contributed by atoms with Crippen molar-refractivity contribution in [1.29, 1.82) is 0 Å². The second-order valence-corrected chi connectivity index (χ2v) is 5.08. The predicted octanol–water partition coefficient (Wildman–Crippen LogP) is 3.84. The zero-order chi connectivity index (χ0) is 15.5. The molecule has 0 saturated heterocycles. The fourth-order valence-electron chi connectivity index (χ4n) is 2.24. The quantitative estimate of drug-likeness (QED) is 0.794. The highest BCUT2D eigenvalue weighted by Gasteiger charge is 2.06. The fraction of sp³-hybridized carbons (Fsp3) is 0.167. The number of aromatic nitrogens is 1. The van der Waals surface area contributed by atoms with E-state index in [1.807, 2.05) is 49.4 Å². The Labute approximate surface area is 129 Å². The molecule has 1 N–H and O–H groups in total. The van der Waals surface area contributed by atoms with Gasteiger partial charge in [-0.3, -0.25) is 0 Å². The van der Waals surface area contributed by atoms with E-state index in [1.165, 1.54) is 0 Å². The molecule has 4 nitrogen and oxygen atoms in total. The van der Waals surface area contributed by atoms with Crippen LogP contribution in [0.15, 0.2) is 48.5 Å². The van der Waals surface area contributed by atoms with Crippen LogP contribution in [0, 0.1) is 6.92 Å². The van der Waals surface area contributed by atoms with Crippen LogP contribution in [-0.2, 0) is 6.61 Å². The molecule has 0 atom stereocenters. The first-order valence-electron chi connectivity index (χ1n) is 7.02. The normalized spacial score (nSPS) is 10.6. The lowest BCUT2D eigenvalue weighted by Gasteiger charge is -2.08. The first-order chi connectivity index (χ1) is 10.7. The van der Waals surface area contributed by atoms with Crippen molar-refractivity contribution < 1.29 is 14.6 Å². The maximum atomic E-state index is 10.0. The van der Waals surface area contributed by atoms with Gasteiger partial charge in [-0.2, -0.15) is 0 Å². The van der Waals surface area contributed by atoms with E-state index in [9.17, 15) is 5.11 Å². The number of hydrogen-bond donors (Lipinski definition) is 1. The van der Waals surface area contributed by atoms with Gasteiger partial charge in [0.15, 0.2) is 0 Å². The molecule has 112 valence electrons. The number of nitrogens with zero attached hydrogens (tertiary/aromatic N) is 1. The Bertz CT molecular complexity index is 797. The van der Waals surface area contributed by atoms with E-state index in [2.05, 4.69) is 4.98 Å². The molecule has 0 radical (unpaired) electrons. The Balaban J connectivity index is 1.77. The van der Waals surface area contributed by atoms with Crippen LogP contribution in [0.1, 0.15) is 11.1 Å². The van der Waals surface area contributed by atoms with Crippen molar-refractivity contribution in [2.75, 3.05) is 7.11 Å². The highest BCUT2D eigenvalue weighted by atomic mass is 16.5. The fourth-order valence-corrected chi connectivity index (χ4v) is 2.24. The Morgan fingerprint density at radius 2 is 1.77 bits per heavy atom. The van der Waals surface area contributed by atoms with Gasteiger partial charge >= 0.3 is 0 Å². The summed E-state index contributed by atoms with van der Waals surface area (Å²) in [7, 11) is 1.64. The van der Waals surface area contributed by atoms with Crippen molar-refractivity contribution in [3.63, 3.8) is 0 Å². The zero-order valence-electron chi connectivity index (χ0n) is 12.5. The van der Waals surface area contributed by atoms with Crippen molar-refractivity contribution in [2.45, 2.75) is 13.5 Å². The molecule has 0 spiro atoms. The molecule has 0 aliphatic rings. The maximum Gasteiger partial charge on any atom is 0.214 e. The third-order valence-corrected chi connectivity index (χ3v) is 3.56. The molecule has 0 unspecified atom stereocenters. The van der Waals surface area contributed by atoms with Gasteiger partial charge < -0.3 is 14.6 Å². The Morgan fingerprint density at radius 1 is 1.00 bits per heavy atom. The third kappa shape index (κ3) is 2.81. The Kier molecular flexibility index (Phi) is 3.83. The highest BCUT2D eigenvalue weighted by molar-refractivity contribution is 5.86. The van der Waals surface area contributed by atoms with Crippen molar-refractivity contribution in [2.24, 2.45) is 0 Å². The van der Waals surface area contributed by atoms with Gasteiger partial charge in [0.2, 0.25) is 5.88 Å². The first-order valence-corrected chi connectivity index (χ1v) is 7.02. The minimum atomic E-state index is 0.270. The van der Waals surface area contributed by atoms with Crippen LogP contribution in [0.3, 0.4) is 0 Å². The van der Waals surface area contributed by atoms with E-state index in [1.54, 1.807) is 13.2 Å². The summed E-state index contributed by atoms with van der Waals surface area (Å²) in [4.78, 5) is 4.42. The van der Waals surface area contributed by atoms with Gasteiger partial charge in [-0.15, -0.1) is 0 Å². The molecule has 1 aromatic heterocycles. The van der Waals surface area contributed by atoms with Gasteiger partial charge in [0.25, 0.3) is 0 Å². The maximum absolute atomic E-state index is 10.0. The largest absolute Gasteiger partial charge is 0.507 e. The number of pyridine rings is 1. The molecular formula is C18H17NO3. The summed E-state index contributed by atoms with van der Waals surface area (Å²) < 4.78 is 10.8. The standard InChI is InChI=1S/C18H17NO3/c1-12-3-9-16-15(18(12)20)8-10-17(19-16)22-11-13-4-6-14(21-2)7-5-13/h3-10,20H,11H2,1-2H3. The van der Waals surface area contributed by atoms with E-state index in [0.717, 1.165) is 27.8 Å². The molecule has 2 aromatic carbocycles. The van der Waals surface area contributed by atoms with Gasteiger partial charge in [-0.05, 0) is 42.3 Å². The zero-order valence-corrected chi connectivity index (χ0v) is 12.5. The van der Waals surface area contributed by atoms with Gasteiger partial charge in [0.1, 0.15) is 18.1 Å². The minimum Gasteiger partial charge on any atom is -0.507 e. The smallest absolute Gasteiger partial charge is 0.214 e. The summed E-state index contributed by atoms with van der Waals surface area (Å²) in [5.74, 6) is 1.62. The van der Waals surface area contributed by atoms with Crippen molar-refractivity contribution >= 4 is 10.9 Å². The number of fused-ring (bicyclic) bond motifs is 1. The molecule has 3 rings (SSSR count). The number of methoxy groups -OCH3 is 1. The molecule has 0 saturated carbocycles. The number of ether oxygens (including phenoxy) is 2. The van der Waals surface area contributed by atoms with E-state index in [0.29, 0.717) is 12.5 Å². The van der Waals surface area contributed by atoms with Crippen LogP contribution in [0.25, 0.3) is 10.9 Å². The second kappa shape index (κ2) is 5.93. The van der Waals surface area contributed by atoms with E-state index in [-0.39, 0.29) is 5.75 Å². The van der Waals surface area contributed by atoms with Crippen LogP contribution in [0.4, 0.5) is 0 Å². The summed E-state index contributed by atoms with van der Waals surface area (Å²) in [6.45, 7) is 2.29. The number of hydrogen-bond acceptors (Lipinski definition) is 4. The molecular weight excluding hydrogens is 278 g/mol. The number of benzene rings is 2. The number of phenols is 1. The summed E-state index contributed by atoms with van der Waals surface area (Å²) in [5, 5.41) is 10.7. The van der Waals surface area contributed by atoms with Crippen LogP contribution in [-0.4, -0.2) is 17.2 Å². The summed E-state index contributed by atoms with van der Waals surface area (Å²) in [6, 6.07) is 15.0. The Morgan fingerprint density at radius 3 is 2.50 bits per heavy atom. The van der Waals surface area contributed by atoms with E-state index in [4.69, 9.17) is 9.47 Å². The SMILES string of the molecule is COc1ccc(COc2ccc3c(O)c(C)ccc3n2)cc1. The van der Waals surface area contributed by atoms with E-state index < -0.39 is 0 Å². The first kappa shape index (κ1) is 14.2. The highest BCUT2D eigenvalue weighted by Crippen LogP contribution is 2.28. The number of aryl methyl sites for hydroxylation is 1. The van der Waals surface area contributed by atoms with Crippen molar-refractivity contribution in [3.8, 4) is 17.4 Å². The number of aromatic hydroxyl groups is 1. The molecule has 1 heterocycles. The van der Waals surface area contributed by atoms with Crippen LogP contribution < -0.4 is 9.47 Å². The lowest BCUT2D eigenvalue weighted by molar-refractivity contribution is 0.295. The van der Waals surface area contributed by atoms with Crippen LogP contribution in [0.5, 0.6) is 17.4 Å². The van der Waals surface area contributed by atoms with Crippen LogP contribution in [0.2, 0.25) is 0 Å². The lowest BCUT2D eigenvalue weighted by atomic mass is 10.1. The van der Waals surface area contributed by atoms with Gasteiger partial charge in [-0.1, -0.05) is 18.2 Å². The Hall–Kier alpha value is -2.75. The average Bonchev–Trinajstić information content (AvgIpc) is 2.57. The van der Waals surface area contributed by atoms with Crippen molar-refractivity contribution in [1.82, 2.24) is 4.98 Å². The summed E-state index contributed by atoms with van der Waals surface area (Å²) in [5.41, 5.74) is 2.59. The predicted molar refractivity (Wildman–Crippen MR) is 85.5 cm³/mol. The minimum absolute atomic E-state index is 0.270.